The van der Waals surface area contributed by atoms with Gasteiger partial charge in [-0.1, -0.05) is 12.1 Å². The number of carbonyl (C=O) groups excluding carboxylic acids is 1. The van der Waals surface area contributed by atoms with Crippen molar-refractivity contribution >= 4 is 17.3 Å². The minimum Gasteiger partial charge on any atom is -0.490 e. The van der Waals surface area contributed by atoms with Gasteiger partial charge < -0.3 is 15.8 Å². The highest BCUT2D eigenvalue weighted by molar-refractivity contribution is 5.92. The lowest BCUT2D eigenvalue weighted by Gasteiger charge is -2.13. The molecule has 2 aromatic carbocycles. The van der Waals surface area contributed by atoms with E-state index >= 15 is 0 Å². The Labute approximate surface area is 136 Å². The summed E-state index contributed by atoms with van der Waals surface area (Å²) in [6.07, 6.45) is 5.44. The predicted octanol–water partition coefficient (Wildman–Crippen LogP) is 3.77. The fourth-order valence-electron chi connectivity index (χ4n) is 2.91. The van der Waals surface area contributed by atoms with Crippen LogP contribution in [0.3, 0.4) is 0 Å². The number of anilines is 2. The molecule has 0 aliphatic heterocycles. The summed E-state index contributed by atoms with van der Waals surface area (Å²) in [4.78, 5) is 12.1. The first-order chi connectivity index (χ1) is 11.2. The molecule has 0 radical (unpaired) electrons. The zero-order valence-electron chi connectivity index (χ0n) is 13.1. The van der Waals surface area contributed by atoms with Crippen LogP contribution >= 0.6 is 0 Å². The molecular weight excluding hydrogens is 288 g/mol. The van der Waals surface area contributed by atoms with Crippen molar-refractivity contribution < 1.29 is 9.53 Å². The van der Waals surface area contributed by atoms with Gasteiger partial charge in [0.05, 0.1) is 12.5 Å². The van der Waals surface area contributed by atoms with Crippen LogP contribution < -0.4 is 15.8 Å². The number of ether oxygens (including phenoxy) is 1. The van der Waals surface area contributed by atoms with Crippen LogP contribution in [0.4, 0.5) is 11.4 Å². The highest BCUT2D eigenvalue weighted by Crippen LogP contribution is 2.25. The number of nitrogens with two attached hydrogens (primary N) is 1. The maximum atomic E-state index is 12.1. The average molecular weight is 310 g/mol. The van der Waals surface area contributed by atoms with Gasteiger partial charge in [-0.25, -0.2) is 0 Å². The standard InChI is InChI=1S/C19H22N2O2/c20-15-5-3-4-14(12-15)13-19(22)21-16-8-10-18(11-9-16)23-17-6-1-2-7-17/h3-5,8-12,17H,1-2,6-7,13,20H2,(H,21,22). The van der Waals surface area contributed by atoms with Crippen molar-refractivity contribution in [2.45, 2.75) is 38.2 Å². The SMILES string of the molecule is Nc1cccc(CC(=O)Nc2ccc(OC3CCCC3)cc2)c1. The van der Waals surface area contributed by atoms with E-state index in [0.29, 0.717) is 18.2 Å². The second kappa shape index (κ2) is 7.18. The summed E-state index contributed by atoms with van der Waals surface area (Å²) in [6.45, 7) is 0. The molecule has 1 aliphatic carbocycles. The molecule has 120 valence electrons. The Morgan fingerprint density at radius 3 is 2.57 bits per heavy atom. The average Bonchev–Trinajstić information content (AvgIpc) is 3.02. The minimum absolute atomic E-state index is 0.0555. The maximum absolute atomic E-state index is 12.1. The molecule has 3 N–H and O–H groups in total. The summed E-state index contributed by atoms with van der Waals surface area (Å²) in [7, 11) is 0. The third kappa shape index (κ3) is 4.49. The smallest absolute Gasteiger partial charge is 0.228 e. The first-order valence-corrected chi connectivity index (χ1v) is 8.10. The number of carbonyl (C=O) groups is 1. The Hall–Kier alpha value is -2.49. The summed E-state index contributed by atoms with van der Waals surface area (Å²) in [6, 6.07) is 15.0. The van der Waals surface area contributed by atoms with Gasteiger partial charge >= 0.3 is 0 Å². The van der Waals surface area contributed by atoms with Crippen LogP contribution in [-0.4, -0.2) is 12.0 Å². The van der Waals surface area contributed by atoms with E-state index < -0.39 is 0 Å². The first kappa shape index (κ1) is 15.4. The van der Waals surface area contributed by atoms with Crippen molar-refractivity contribution in [1.82, 2.24) is 0 Å². The van der Waals surface area contributed by atoms with E-state index in [9.17, 15) is 4.79 Å². The third-order valence-corrected chi connectivity index (χ3v) is 4.06. The lowest BCUT2D eigenvalue weighted by atomic mass is 10.1. The molecular formula is C19H22N2O2. The van der Waals surface area contributed by atoms with Crippen molar-refractivity contribution in [3.05, 3.63) is 54.1 Å². The Kier molecular flexibility index (Phi) is 4.81. The highest BCUT2D eigenvalue weighted by Gasteiger charge is 2.16. The van der Waals surface area contributed by atoms with E-state index in [1.165, 1.54) is 12.8 Å². The fourth-order valence-corrected chi connectivity index (χ4v) is 2.91. The fraction of sp³-hybridized carbons (Fsp3) is 0.316. The molecule has 0 saturated heterocycles. The van der Waals surface area contributed by atoms with Crippen LogP contribution in [0.5, 0.6) is 5.75 Å². The molecule has 1 amide bonds. The molecule has 3 rings (SSSR count). The monoisotopic (exact) mass is 310 g/mol. The zero-order valence-corrected chi connectivity index (χ0v) is 13.1. The molecule has 0 atom stereocenters. The van der Waals surface area contributed by atoms with Crippen LogP contribution in [0, 0.1) is 0 Å². The van der Waals surface area contributed by atoms with Gasteiger partial charge in [0.2, 0.25) is 5.91 Å². The quantitative estimate of drug-likeness (QED) is 0.826. The zero-order chi connectivity index (χ0) is 16.1. The van der Waals surface area contributed by atoms with E-state index in [0.717, 1.165) is 29.8 Å². The summed E-state index contributed by atoms with van der Waals surface area (Å²) in [5.74, 6) is 0.811. The maximum Gasteiger partial charge on any atom is 0.228 e. The van der Waals surface area contributed by atoms with Crippen molar-refractivity contribution in [3.63, 3.8) is 0 Å². The molecule has 0 aromatic heterocycles. The molecule has 23 heavy (non-hydrogen) atoms. The molecule has 0 spiro atoms. The van der Waals surface area contributed by atoms with Crippen LogP contribution in [0.2, 0.25) is 0 Å². The van der Waals surface area contributed by atoms with Gasteiger partial charge in [0.25, 0.3) is 0 Å². The normalized spacial score (nSPS) is 14.6. The minimum atomic E-state index is -0.0555. The number of hydrogen-bond acceptors (Lipinski definition) is 3. The van der Waals surface area contributed by atoms with Crippen LogP contribution in [0.25, 0.3) is 0 Å². The number of benzene rings is 2. The molecule has 2 aromatic rings. The van der Waals surface area contributed by atoms with E-state index in [2.05, 4.69) is 5.32 Å². The first-order valence-electron chi connectivity index (χ1n) is 8.10. The Morgan fingerprint density at radius 1 is 1.13 bits per heavy atom. The van der Waals surface area contributed by atoms with Crippen LogP contribution in [0.15, 0.2) is 48.5 Å². The molecule has 4 nitrogen and oxygen atoms in total. The number of amides is 1. The van der Waals surface area contributed by atoms with Gasteiger partial charge in [0.15, 0.2) is 0 Å². The van der Waals surface area contributed by atoms with E-state index in [-0.39, 0.29) is 5.91 Å². The van der Waals surface area contributed by atoms with Crippen molar-refractivity contribution in [3.8, 4) is 5.75 Å². The Balaban J connectivity index is 1.54. The predicted molar refractivity (Wildman–Crippen MR) is 92.5 cm³/mol. The van der Waals surface area contributed by atoms with E-state index in [1.807, 2.05) is 48.5 Å². The molecule has 0 unspecified atom stereocenters. The number of nitrogen functional groups attached to an aromatic ring is 1. The summed E-state index contributed by atoms with van der Waals surface area (Å²) in [5.41, 5.74) is 8.08. The molecule has 4 heteroatoms. The Bertz CT molecular complexity index is 661. The van der Waals surface area contributed by atoms with Gasteiger partial charge in [-0.05, 0) is 67.6 Å². The van der Waals surface area contributed by atoms with Gasteiger partial charge in [0.1, 0.15) is 5.75 Å². The summed E-state index contributed by atoms with van der Waals surface area (Å²) >= 11 is 0. The summed E-state index contributed by atoms with van der Waals surface area (Å²) < 4.78 is 5.92. The van der Waals surface area contributed by atoms with Crippen molar-refractivity contribution in [1.29, 1.82) is 0 Å². The van der Waals surface area contributed by atoms with E-state index in [1.54, 1.807) is 0 Å². The molecule has 0 bridgehead atoms. The van der Waals surface area contributed by atoms with Crippen molar-refractivity contribution in [2.75, 3.05) is 11.1 Å². The lowest BCUT2D eigenvalue weighted by Crippen LogP contribution is -2.14. The summed E-state index contributed by atoms with van der Waals surface area (Å²) in [5, 5.41) is 2.90. The molecule has 1 aliphatic rings. The lowest BCUT2D eigenvalue weighted by molar-refractivity contribution is -0.115. The number of nitrogens with one attached hydrogen (secondary N) is 1. The molecule has 1 saturated carbocycles. The Morgan fingerprint density at radius 2 is 1.87 bits per heavy atom. The highest BCUT2D eigenvalue weighted by atomic mass is 16.5. The van der Waals surface area contributed by atoms with E-state index in [4.69, 9.17) is 10.5 Å². The largest absolute Gasteiger partial charge is 0.490 e. The second-order valence-electron chi connectivity index (χ2n) is 6.02. The third-order valence-electron chi connectivity index (χ3n) is 4.06. The van der Waals surface area contributed by atoms with Gasteiger partial charge in [-0.15, -0.1) is 0 Å². The topological polar surface area (TPSA) is 64.4 Å². The second-order valence-corrected chi connectivity index (χ2v) is 6.02. The van der Waals surface area contributed by atoms with Crippen molar-refractivity contribution in [2.24, 2.45) is 0 Å². The number of hydrogen-bond donors (Lipinski definition) is 2. The van der Waals surface area contributed by atoms with Gasteiger partial charge in [0, 0.05) is 11.4 Å². The van der Waals surface area contributed by atoms with Gasteiger partial charge in [-0.3, -0.25) is 4.79 Å². The van der Waals surface area contributed by atoms with Crippen LogP contribution in [-0.2, 0) is 11.2 Å². The molecule has 0 heterocycles. The molecule has 1 fully saturated rings. The number of rotatable bonds is 5. The van der Waals surface area contributed by atoms with Crippen LogP contribution in [0.1, 0.15) is 31.2 Å². The van der Waals surface area contributed by atoms with Gasteiger partial charge in [-0.2, -0.15) is 0 Å².